The van der Waals surface area contributed by atoms with E-state index in [1.54, 1.807) is 0 Å². The summed E-state index contributed by atoms with van der Waals surface area (Å²) in [5.74, 6) is 0. The molecule has 0 spiro atoms. The van der Waals surface area contributed by atoms with Gasteiger partial charge in [0.15, 0.2) is 0 Å². The predicted octanol–water partition coefficient (Wildman–Crippen LogP) is -7.68. The van der Waals surface area contributed by atoms with Crippen LogP contribution in [0.25, 0.3) is 0 Å². The minimum Gasteiger partial charge on any atom is -1.00 e. The van der Waals surface area contributed by atoms with Gasteiger partial charge >= 0.3 is 26.2 Å². The third kappa shape index (κ3) is 12.4. The van der Waals surface area contributed by atoms with Gasteiger partial charge in [-0.1, -0.05) is 0 Å². The van der Waals surface area contributed by atoms with Gasteiger partial charge in [-0.15, -0.1) is 6.42 Å². The molecule has 50 valence electrons. The maximum Gasteiger partial charge on any atom is 4.00 e. The third-order valence-electron chi connectivity index (χ3n) is 0.586. The summed E-state index contributed by atoms with van der Waals surface area (Å²) in [5, 5.41) is 0. The van der Waals surface area contributed by atoms with Crippen molar-refractivity contribution in [2.24, 2.45) is 0 Å². The molecule has 9 heavy (non-hydrogen) atoms. The van der Waals surface area contributed by atoms with E-state index >= 15 is 0 Å². The molecule has 1 rings (SSSR count). The zero-order valence-electron chi connectivity index (χ0n) is 4.57. The maximum atomic E-state index is 2.92. The quantitative estimate of drug-likeness (QED) is 0.381. The Morgan fingerprint density at radius 2 is 1.67 bits per heavy atom. The molecule has 0 nitrogen and oxygen atoms in total. The van der Waals surface area contributed by atoms with Crippen LogP contribution in [0, 0.1) is 6.08 Å². The molecule has 0 saturated heterocycles. The SMILES string of the molecule is [C-]1=CCC=C1.[Cl-].[Cl-].[Cl-].[Zr+4]. The number of rotatable bonds is 0. The molecular formula is C5H5Cl3Zr. The van der Waals surface area contributed by atoms with Crippen LogP contribution in [0.4, 0.5) is 0 Å². The van der Waals surface area contributed by atoms with E-state index in [1.165, 1.54) is 0 Å². The largest absolute Gasteiger partial charge is 4.00 e. The van der Waals surface area contributed by atoms with Crippen LogP contribution in [0.5, 0.6) is 0 Å². The summed E-state index contributed by atoms with van der Waals surface area (Å²) < 4.78 is 0. The smallest absolute Gasteiger partial charge is 1.00 e. The number of hydrogen-bond donors (Lipinski definition) is 0. The van der Waals surface area contributed by atoms with Crippen LogP contribution in [-0.4, -0.2) is 0 Å². The van der Waals surface area contributed by atoms with Crippen molar-refractivity contribution in [3.05, 3.63) is 24.3 Å². The van der Waals surface area contributed by atoms with Gasteiger partial charge in [0, 0.05) is 0 Å². The van der Waals surface area contributed by atoms with Crippen LogP contribution in [0.3, 0.4) is 0 Å². The minimum absolute atomic E-state index is 0. The van der Waals surface area contributed by atoms with Crippen LogP contribution in [0.1, 0.15) is 6.42 Å². The van der Waals surface area contributed by atoms with Crippen molar-refractivity contribution < 1.29 is 63.4 Å². The van der Waals surface area contributed by atoms with Crippen LogP contribution >= 0.6 is 0 Å². The van der Waals surface area contributed by atoms with Gasteiger partial charge in [0.05, 0.1) is 0 Å². The van der Waals surface area contributed by atoms with E-state index in [4.69, 9.17) is 0 Å². The standard InChI is InChI=1S/C5H5.3ClH.Zr/c1-2-4-5-3-1;;;;/h1-2,5H,3H2;3*1H;/q-1;;;;+4/p-3. The van der Waals surface area contributed by atoms with Gasteiger partial charge in [-0.3, -0.25) is 6.08 Å². The van der Waals surface area contributed by atoms with Gasteiger partial charge in [-0.05, 0) is 0 Å². The number of hydrogen-bond acceptors (Lipinski definition) is 0. The van der Waals surface area contributed by atoms with Crippen LogP contribution < -0.4 is 37.2 Å². The fourth-order valence-electron chi connectivity index (χ4n) is 0.340. The molecule has 0 bridgehead atoms. The zero-order valence-corrected chi connectivity index (χ0v) is 9.30. The van der Waals surface area contributed by atoms with Gasteiger partial charge in [-0.25, -0.2) is 12.2 Å². The molecule has 1 aliphatic rings. The summed E-state index contributed by atoms with van der Waals surface area (Å²) in [7, 11) is 0. The monoisotopic (exact) mass is 260 g/mol. The Morgan fingerprint density at radius 3 is 1.78 bits per heavy atom. The average molecular weight is 263 g/mol. The molecule has 0 aromatic rings. The summed E-state index contributed by atoms with van der Waals surface area (Å²) in [4.78, 5) is 0. The van der Waals surface area contributed by atoms with Crippen LogP contribution in [0.15, 0.2) is 18.2 Å². The Balaban J connectivity index is -0.0000000312. The summed E-state index contributed by atoms with van der Waals surface area (Å²) in [6.45, 7) is 0. The van der Waals surface area contributed by atoms with Crippen LogP contribution in [0.2, 0.25) is 0 Å². The van der Waals surface area contributed by atoms with E-state index < -0.39 is 0 Å². The Hall–Kier alpha value is 1.23. The molecular weight excluding hydrogens is 258 g/mol. The van der Waals surface area contributed by atoms with Crippen molar-refractivity contribution in [3.8, 4) is 0 Å². The molecule has 0 amide bonds. The van der Waals surface area contributed by atoms with E-state index in [2.05, 4.69) is 12.2 Å². The maximum absolute atomic E-state index is 2.92. The Labute approximate surface area is 93.5 Å². The summed E-state index contributed by atoms with van der Waals surface area (Å²) >= 11 is 0. The topological polar surface area (TPSA) is 0 Å². The van der Waals surface area contributed by atoms with E-state index in [1.807, 2.05) is 12.2 Å². The average Bonchev–Trinajstić information content (AvgIpc) is 1.76. The van der Waals surface area contributed by atoms with E-state index in [0.29, 0.717) is 0 Å². The Bertz CT molecular complexity index is 70.3. The first-order valence-corrected chi connectivity index (χ1v) is 1.73. The van der Waals surface area contributed by atoms with Crippen molar-refractivity contribution in [3.63, 3.8) is 0 Å². The number of halogens is 3. The van der Waals surface area contributed by atoms with Crippen LogP contribution in [-0.2, 0) is 26.2 Å². The van der Waals surface area contributed by atoms with Crippen molar-refractivity contribution in [2.45, 2.75) is 6.42 Å². The first-order valence-electron chi connectivity index (χ1n) is 1.73. The fraction of sp³-hybridized carbons (Fsp3) is 0.200. The molecule has 0 saturated carbocycles. The third-order valence-corrected chi connectivity index (χ3v) is 0.586. The first kappa shape index (κ1) is 22.5. The molecule has 0 radical (unpaired) electrons. The second-order valence-corrected chi connectivity index (χ2v) is 1.01. The van der Waals surface area contributed by atoms with Crippen molar-refractivity contribution in [2.75, 3.05) is 0 Å². The van der Waals surface area contributed by atoms with Crippen molar-refractivity contribution in [1.29, 1.82) is 0 Å². The van der Waals surface area contributed by atoms with Gasteiger partial charge in [-0.2, -0.15) is 6.08 Å². The molecule has 0 unspecified atom stereocenters. The molecule has 0 fully saturated rings. The second-order valence-electron chi connectivity index (χ2n) is 1.01. The fourth-order valence-corrected chi connectivity index (χ4v) is 0.340. The normalized spacial score (nSPS) is 9.78. The number of allylic oxidation sites excluding steroid dienone is 4. The zero-order chi connectivity index (χ0) is 3.54. The molecule has 0 aliphatic heterocycles. The second kappa shape index (κ2) is 16.1. The van der Waals surface area contributed by atoms with E-state index in [-0.39, 0.29) is 63.4 Å². The molecule has 0 heterocycles. The van der Waals surface area contributed by atoms with Gasteiger partial charge < -0.3 is 37.2 Å². The molecule has 1 aliphatic carbocycles. The first-order chi connectivity index (χ1) is 2.50. The predicted molar refractivity (Wildman–Crippen MR) is 21.6 cm³/mol. The van der Waals surface area contributed by atoms with Gasteiger partial charge in [0.25, 0.3) is 0 Å². The molecule has 0 aromatic heterocycles. The van der Waals surface area contributed by atoms with E-state index in [9.17, 15) is 0 Å². The van der Waals surface area contributed by atoms with E-state index in [0.717, 1.165) is 6.42 Å². The summed E-state index contributed by atoms with van der Waals surface area (Å²) in [6, 6.07) is 0. The van der Waals surface area contributed by atoms with Crippen molar-refractivity contribution in [1.82, 2.24) is 0 Å². The molecule has 0 aromatic carbocycles. The molecule has 0 N–H and O–H groups in total. The minimum atomic E-state index is 0. The molecule has 0 atom stereocenters. The van der Waals surface area contributed by atoms with Crippen molar-refractivity contribution >= 4 is 0 Å². The summed E-state index contributed by atoms with van der Waals surface area (Å²) in [6.07, 6.45) is 10.0. The summed E-state index contributed by atoms with van der Waals surface area (Å²) in [5.41, 5.74) is 0. The van der Waals surface area contributed by atoms with Gasteiger partial charge in [0.2, 0.25) is 0 Å². The Kier molecular flexibility index (Phi) is 40.2. The molecule has 4 heteroatoms. The van der Waals surface area contributed by atoms with Gasteiger partial charge in [0.1, 0.15) is 0 Å². The Morgan fingerprint density at radius 1 is 1.11 bits per heavy atom.